The summed E-state index contributed by atoms with van der Waals surface area (Å²) in [6.07, 6.45) is 1.64. The first kappa shape index (κ1) is 20.2. The molecule has 1 N–H and O–H groups in total. The highest BCUT2D eigenvalue weighted by atomic mass is 16.5. The summed E-state index contributed by atoms with van der Waals surface area (Å²) in [6, 6.07) is 5.95. The van der Waals surface area contributed by atoms with Gasteiger partial charge in [-0.05, 0) is 55.9 Å². The summed E-state index contributed by atoms with van der Waals surface area (Å²) in [7, 11) is 1.39. The lowest BCUT2D eigenvalue weighted by Crippen LogP contribution is -2.42. The average Bonchev–Trinajstić information content (AvgIpc) is 3.09. The number of ether oxygens (including phenoxy) is 1. The third kappa shape index (κ3) is 4.46. The number of benzene rings is 1. The van der Waals surface area contributed by atoms with Gasteiger partial charge in [-0.1, -0.05) is 6.07 Å². The number of rotatable bonds is 4. The fourth-order valence-electron chi connectivity index (χ4n) is 3.86. The van der Waals surface area contributed by atoms with Gasteiger partial charge >= 0.3 is 6.09 Å². The lowest BCUT2D eigenvalue weighted by atomic mass is 9.96. The Hall–Kier alpha value is -2.57. The van der Waals surface area contributed by atoms with Crippen molar-refractivity contribution < 1.29 is 19.1 Å². The maximum absolute atomic E-state index is 12.6. The van der Waals surface area contributed by atoms with Crippen LogP contribution < -0.4 is 10.2 Å². The minimum atomic E-state index is -0.315. The molecule has 0 bridgehead atoms. The van der Waals surface area contributed by atoms with Crippen LogP contribution in [0.25, 0.3) is 0 Å². The molecule has 3 rings (SSSR count). The van der Waals surface area contributed by atoms with Crippen LogP contribution in [0, 0.1) is 25.7 Å². The van der Waals surface area contributed by atoms with E-state index in [0.717, 1.165) is 24.1 Å². The summed E-state index contributed by atoms with van der Waals surface area (Å²) in [4.78, 5) is 39.9. The van der Waals surface area contributed by atoms with Crippen molar-refractivity contribution in [3.05, 3.63) is 29.3 Å². The Bertz CT molecular complexity index is 756. The van der Waals surface area contributed by atoms with Crippen molar-refractivity contribution in [2.75, 3.05) is 38.2 Å². The van der Waals surface area contributed by atoms with E-state index in [1.54, 1.807) is 9.80 Å². The van der Waals surface area contributed by atoms with E-state index in [1.165, 1.54) is 12.7 Å². The zero-order valence-electron chi connectivity index (χ0n) is 16.9. The van der Waals surface area contributed by atoms with Gasteiger partial charge in [0.15, 0.2) is 0 Å². The van der Waals surface area contributed by atoms with Crippen LogP contribution in [-0.4, -0.2) is 56.1 Å². The number of hydrogen-bond acceptors (Lipinski definition) is 4. The molecule has 0 saturated carbocycles. The molecule has 7 nitrogen and oxygen atoms in total. The molecule has 7 heteroatoms. The van der Waals surface area contributed by atoms with Crippen LogP contribution >= 0.6 is 0 Å². The molecular weight excluding hydrogens is 358 g/mol. The van der Waals surface area contributed by atoms with E-state index in [-0.39, 0.29) is 30.2 Å². The van der Waals surface area contributed by atoms with Crippen molar-refractivity contribution in [1.82, 2.24) is 10.2 Å². The summed E-state index contributed by atoms with van der Waals surface area (Å²) in [5.74, 6) is -0.0352. The highest BCUT2D eigenvalue weighted by Gasteiger charge is 2.35. The molecule has 2 aliphatic heterocycles. The van der Waals surface area contributed by atoms with Crippen molar-refractivity contribution in [2.45, 2.75) is 33.1 Å². The molecule has 2 aliphatic rings. The van der Waals surface area contributed by atoms with Gasteiger partial charge in [0.1, 0.15) is 0 Å². The van der Waals surface area contributed by atoms with Gasteiger partial charge in [-0.15, -0.1) is 0 Å². The molecule has 152 valence electrons. The van der Waals surface area contributed by atoms with Gasteiger partial charge < -0.3 is 19.9 Å². The predicted octanol–water partition coefficient (Wildman–Crippen LogP) is 2.25. The maximum atomic E-state index is 12.6. The first-order chi connectivity index (χ1) is 13.4. The van der Waals surface area contributed by atoms with Gasteiger partial charge in [0.2, 0.25) is 11.8 Å². The SMILES string of the molecule is COC(=O)N1CCC(CNC(=O)C2CC(=O)N(c3ccc(C)c(C)c3)C2)CC1. The molecular formula is C21H29N3O4. The molecule has 28 heavy (non-hydrogen) atoms. The molecule has 2 fully saturated rings. The first-order valence-electron chi connectivity index (χ1n) is 9.87. The Kier molecular flexibility index (Phi) is 6.21. The van der Waals surface area contributed by atoms with E-state index in [0.29, 0.717) is 32.1 Å². The van der Waals surface area contributed by atoms with Crippen LogP contribution in [0.15, 0.2) is 18.2 Å². The second kappa shape index (κ2) is 8.63. The number of nitrogens with one attached hydrogen (secondary N) is 1. The number of likely N-dealkylation sites (tertiary alicyclic amines) is 1. The van der Waals surface area contributed by atoms with Crippen LogP contribution in [0.5, 0.6) is 0 Å². The van der Waals surface area contributed by atoms with E-state index in [1.807, 2.05) is 32.0 Å². The molecule has 1 aromatic rings. The summed E-state index contributed by atoms with van der Waals surface area (Å²) in [5.41, 5.74) is 3.18. The highest BCUT2D eigenvalue weighted by molar-refractivity contribution is 6.00. The number of hydrogen-bond donors (Lipinski definition) is 1. The standard InChI is InChI=1S/C21H29N3O4/c1-14-4-5-18(10-15(14)2)24-13-17(11-19(24)25)20(26)22-12-16-6-8-23(9-7-16)21(27)28-3/h4-5,10,16-17H,6-9,11-13H2,1-3H3,(H,22,26). The van der Waals surface area contributed by atoms with E-state index in [4.69, 9.17) is 4.74 Å². The lowest BCUT2D eigenvalue weighted by Gasteiger charge is -2.31. The Morgan fingerprint density at radius 3 is 2.54 bits per heavy atom. The van der Waals surface area contributed by atoms with Crippen LogP contribution in [0.1, 0.15) is 30.4 Å². The Morgan fingerprint density at radius 1 is 1.18 bits per heavy atom. The molecule has 0 spiro atoms. The largest absolute Gasteiger partial charge is 0.453 e. The number of amides is 3. The third-order valence-electron chi connectivity index (χ3n) is 5.91. The number of piperidine rings is 1. The van der Waals surface area contributed by atoms with E-state index >= 15 is 0 Å². The maximum Gasteiger partial charge on any atom is 0.409 e. The quantitative estimate of drug-likeness (QED) is 0.859. The van der Waals surface area contributed by atoms with E-state index < -0.39 is 0 Å². The second-order valence-corrected chi connectivity index (χ2v) is 7.82. The van der Waals surface area contributed by atoms with E-state index in [2.05, 4.69) is 5.32 Å². The Morgan fingerprint density at radius 2 is 1.89 bits per heavy atom. The monoisotopic (exact) mass is 387 g/mol. The first-order valence-corrected chi connectivity index (χ1v) is 9.87. The van der Waals surface area contributed by atoms with Crippen molar-refractivity contribution >= 4 is 23.6 Å². The van der Waals surface area contributed by atoms with Gasteiger partial charge in [-0.3, -0.25) is 9.59 Å². The van der Waals surface area contributed by atoms with Crippen molar-refractivity contribution in [3.63, 3.8) is 0 Å². The third-order valence-corrected chi connectivity index (χ3v) is 5.91. The number of carbonyl (C=O) groups excluding carboxylic acids is 3. The molecule has 0 aromatic heterocycles. The molecule has 1 atom stereocenters. The van der Waals surface area contributed by atoms with Crippen LogP contribution in [0.3, 0.4) is 0 Å². The van der Waals surface area contributed by atoms with Gasteiger partial charge in [-0.25, -0.2) is 4.79 Å². The minimum Gasteiger partial charge on any atom is -0.453 e. The van der Waals surface area contributed by atoms with Crippen molar-refractivity contribution in [1.29, 1.82) is 0 Å². The number of anilines is 1. The van der Waals surface area contributed by atoms with E-state index in [9.17, 15) is 14.4 Å². The second-order valence-electron chi connectivity index (χ2n) is 7.82. The summed E-state index contributed by atoms with van der Waals surface area (Å²) in [5, 5.41) is 3.01. The highest BCUT2D eigenvalue weighted by Crippen LogP contribution is 2.27. The fourth-order valence-corrected chi connectivity index (χ4v) is 3.86. The van der Waals surface area contributed by atoms with Crippen molar-refractivity contribution in [3.8, 4) is 0 Å². The number of aryl methyl sites for hydroxylation is 2. The van der Waals surface area contributed by atoms with Crippen molar-refractivity contribution in [2.24, 2.45) is 11.8 Å². The molecule has 3 amide bonds. The van der Waals surface area contributed by atoms with Crippen LogP contribution in [-0.2, 0) is 14.3 Å². The molecule has 1 aromatic carbocycles. The molecule has 0 aliphatic carbocycles. The minimum absolute atomic E-state index is 0.00482. The zero-order chi connectivity index (χ0) is 20.3. The molecule has 2 heterocycles. The molecule has 1 unspecified atom stereocenters. The zero-order valence-corrected chi connectivity index (χ0v) is 16.9. The molecule has 0 radical (unpaired) electrons. The van der Waals surface area contributed by atoms with Gasteiger partial charge in [0, 0.05) is 38.3 Å². The number of carbonyl (C=O) groups is 3. The topological polar surface area (TPSA) is 79.0 Å². The van der Waals surface area contributed by atoms with Crippen LogP contribution in [0.4, 0.5) is 10.5 Å². The smallest absolute Gasteiger partial charge is 0.409 e. The van der Waals surface area contributed by atoms with Gasteiger partial charge in [0.05, 0.1) is 13.0 Å². The Balaban J connectivity index is 1.48. The summed E-state index contributed by atoms with van der Waals surface area (Å²) < 4.78 is 4.74. The van der Waals surface area contributed by atoms with Gasteiger partial charge in [0.25, 0.3) is 0 Å². The number of nitrogens with zero attached hydrogens (tertiary/aromatic N) is 2. The normalized spacial score (nSPS) is 20.4. The molecule has 2 saturated heterocycles. The fraction of sp³-hybridized carbons (Fsp3) is 0.571. The lowest BCUT2D eigenvalue weighted by molar-refractivity contribution is -0.126. The predicted molar refractivity (Wildman–Crippen MR) is 106 cm³/mol. The summed E-state index contributed by atoms with van der Waals surface area (Å²) in [6.45, 7) is 6.37. The van der Waals surface area contributed by atoms with Gasteiger partial charge in [-0.2, -0.15) is 0 Å². The van der Waals surface area contributed by atoms with Crippen LogP contribution in [0.2, 0.25) is 0 Å². The Labute approximate surface area is 166 Å². The average molecular weight is 387 g/mol. The summed E-state index contributed by atoms with van der Waals surface area (Å²) >= 11 is 0. The number of methoxy groups -OCH3 is 1.